The molecule has 0 fully saturated rings. The lowest BCUT2D eigenvalue weighted by Gasteiger charge is -2.27. The summed E-state index contributed by atoms with van der Waals surface area (Å²) in [6, 6.07) is 24.5. The fourth-order valence-corrected chi connectivity index (χ4v) is 7.66. The van der Waals surface area contributed by atoms with Crippen molar-refractivity contribution in [2.45, 2.75) is 26.4 Å². The Morgan fingerprint density at radius 2 is 1.77 bits per heavy atom. The van der Waals surface area contributed by atoms with Crippen LogP contribution < -0.4 is 19.6 Å². The summed E-state index contributed by atoms with van der Waals surface area (Å²) in [5, 5.41) is 3.82. The van der Waals surface area contributed by atoms with Crippen LogP contribution in [0.2, 0.25) is 10.0 Å². The molecule has 6 aromatic rings. The van der Waals surface area contributed by atoms with Crippen molar-refractivity contribution in [1.82, 2.24) is 9.13 Å². The fourth-order valence-electron chi connectivity index (χ4n) is 6.30. The third-order valence-corrected chi connectivity index (χ3v) is 10.1. The first kappa shape index (κ1) is 31.0. The average molecular weight is 683 g/mol. The third-order valence-electron chi connectivity index (χ3n) is 8.38. The number of carbonyl (C=O) groups excluding carboxylic acids is 1. The van der Waals surface area contributed by atoms with Crippen LogP contribution in [0.3, 0.4) is 0 Å². The van der Waals surface area contributed by atoms with E-state index in [0.29, 0.717) is 48.5 Å². The van der Waals surface area contributed by atoms with E-state index in [4.69, 9.17) is 37.7 Å². The maximum atomic E-state index is 14.5. The van der Waals surface area contributed by atoms with E-state index in [1.54, 1.807) is 31.6 Å². The quantitative estimate of drug-likeness (QED) is 0.166. The molecule has 1 aliphatic rings. The zero-order chi connectivity index (χ0) is 32.8. The van der Waals surface area contributed by atoms with Crippen LogP contribution in [0.15, 0.2) is 106 Å². The number of hydrogen-bond acceptors (Lipinski definition) is 6. The average Bonchev–Trinajstić information content (AvgIpc) is 3.57. The van der Waals surface area contributed by atoms with Crippen molar-refractivity contribution in [3.8, 4) is 5.75 Å². The number of nitrogens with zero attached hydrogens (tertiary/aromatic N) is 3. The highest BCUT2D eigenvalue weighted by Crippen LogP contribution is 2.40. The van der Waals surface area contributed by atoms with Gasteiger partial charge in [-0.1, -0.05) is 89.1 Å². The lowest BCUT2D eigenvalue weighted by Crippen LogP contribution is -2.40. The molecule has 0 bridgehead atoms. The zero-order valence-corrected chi connectivity index (χ0v) is 28.1. The molecule has 10 heteroatoms. The summed E-state index contributed by atoms with van der Waals surface area (Å²) < 4.78 is 15.6. The molecule has 7 rings (SSSR count). The van der Waals surface area contributed by atoms with Gasteiger partial charge in [-0.15, -0.1) is 0 Å². The fraction of sp³-hybridized carbons (Fsp3) is 0.162. The van der Waals surface area contributed by atoms with Gasteiger partial charge in [0.1, 0.15) is 11.8 Å². The number of carbonyl (C=O) groups is 1. The molecular formula is C37H29Cl2N3O4S. The molecule has 0 amide bonds. The largest absolute Gasteiger partial charge is 0.496 e. The molecule has 0 radical (unpaired) electrons. The van der Waals surface area contributed by atoms with Crippen molar-refractivity contribution < 1.29 is 14.3 Å². The maximum Gasteiger partial charge on any atom is 0.338 e. The number of fused-ring (bicyclic) bond motifs is 3. The van der Waals surface area contributed by atoms with Crippen molar-refractivity contribution >= 4 is 68.3 Å². The summed E-state index contributed by atoms with van der Waals surface area (Å²) in [5.41, 5.74) is 4.13. The summed E-state index contributed by atoms with van der Waals surface area (Å²) >= 11 is 13.8. The Morgan fingerprint density at radius 3 is 2.53 bits per heavy atom. The number of aromatic nitrogens is 2. The first-order valence-corrected chi connectivity index (χ1v) is 16.6. The summed E-state index contributed by atoms with van der Waals surface area (Å²) in [5.74, 6) is 0.0403. The molecule has 0 saturated heterocycles. The summed E-state index contributed by atoms with van der Waals surface area (Å²) in [6.45, 7) is 4.29. The number of methoxy groups -OCH3 is 1. The van der Waals surface area contributed by atoms with Gasteiger partial charge in [0.05, 0.1) is 39.6 Å². The predicted molar refractivity (Wildman–Crippen MR) is 188 cm³/mol. The molecular weight excluding hydrogens is 653 g/mol. The van der Waals surface area contributed by atoms with Crippen LogP contribution in [0.4, 0.5) is 0 Å². The van der Waals surface area contributed by atoms with Crippen LogP contribution in [-0.2, 0) is 16.1 Å². The Morgan fingerprint density at radius 1 is 1.00 bits per heavy atom. The number of benzene rings is 4. The van der Waals surface area contributed by atoms with Gasteiger partial charge < -0.3 is 14.0 Å². The van der Waals surface area contributed by atoms with Crippen LogP contribution in [0, 0.1) is 0 Å². The zero-order valence-electron chi connectivity index (χ0n) is 25.8. The second kappa shape index (κ2) is 12.5. The monoisotopic (exact) mass is 681 g/mol. The number of thiazole rings is 1. The summed E-state index contributed by atoms with van der Waals surface area (Å²) in [4.78, 5) is 33.3. The number of allylic oxidation sites excluding steroid dienone is 1. The van der Waals surface area contributed by atoms with Gasteiger partial charge in [-0.25, -0.2) is 9.79 Å². The number of halogens is 2. The number of hydrogen-bond donors (Lipinski definition) is 0. The Labute approximate surface area is 284 Å². The van der Waals surface area contributed by atoms with E-state index in [1.165, 1.54) is 11.3 Å². The first-order chi connectivity index (χ1) is 22.8. The van der Waals surface area contributed by atoms with Gasteiger partial charge >= 0.3 is 5.97 Å². The van der Waals surface area contributed by atoms with E-state index in [-0.39, 0.29) is 12.2 Å². The van der Waals surface area contributed by atoms with Crippen molar-refractivity contribution in [3.63, 3.8) is 0 Å². The molecule has 236 valence electrons. The van der Waals surface area contributed by atoms with Gasteiger partial charge in [0, 0.05) is 34.8 Å². The summed E-state index contributed by atoms with van der Waals surface area (Å²) in [6.07, 6.45) is 3.93. The molecule has 47 heavy (non-hydrogen) atoms. The highest BCUT2D eigenvalue weighted by Gasteiger charge is 2.36. The molecule has 0 aliphatic carbocycles. The number of esters is 1. The first-order valence-electron chi connectivity index (χ1n) is 15.1. The predicted octanol–water partition coefficient (Wildman–Crippen LogP) is 7.27. The van der Waals surface area contributed by atoms with Gasteiger partial charge in [-0.05, 0) is 60.5 Å². The van der Waals surface area contributed by atoms with E-state index >= 15 is 0 Å². The number of rotatable bonds is 7. The van der Waals surface area contributed by atoms with Crippen molar-refractivity contribution in [3.05, 3.63) is 143 Å². The highest BCUT2D eigenvalue weighted by molar-refractivity contribution is 7.07. The smallest absolute Gasteiger partial charge is 0.338 e. The van der Waals surface area contributed by atoms with Crippen molar-refractivity contribution in [2.75, 3.05) is 13.7 Å². The second-order valence-corrected chi connectivity index (χ2v) is 13.0. The highest BCUT2D eigenvalue weighted by atomic mass is 35.5. The topological polar surface area (TPSA) is 74.8 Å². The summed E-state index contributed by atoms with van der Waals surface area (Å²) in [7, 11) is 1.59. The van der Waals surface area contributed by atoms with E-state index in [2.05, 4.69) is 4.57 Å². The minimum Gasteiger partial charge on any atom is -0.496 e. The molecule has 1 aliphatic heterocycles. The molecule has 1 atom stereocenters. The van der Waals surface area contributed by atoms with Gasteiger partial charge in [0.25, 0.3) is 5.56 Å². The van der Waals surface area contributed by atoms with Crippen molar-refractivity contribution in [1.29, 1.82) is 0 Å². The molecule has 0 spiro atoms. The lowest BCUT2D eigenvalue weighted by molar-refractivity contribution is -0.139. The van der Waals surface area contributed by atoms with Crippen LogP contribution in [0.5, 0.6) is 5.75 Å². The van der Waals surface area contributed by atoms with Crippen LogP contribution >= 0.6 is 34.5 Å². The molecule has 0 unspecified atom stereocenters. The second-order valence-electron chi connectivity index (χ2n) is 11.2. The lowest BCUT2D eigenvalue weighted by atomic mass is 9.90. The van der Waals surface area contributed by atoms with E-state index in [0.717, 1.165) is 32.8 Å². The Balaban J connectivity index is 1.44. The van der Waals surface area contributed by atoms with Gasteiger partial charge in [0.2, 0.25) is 0 Å². The number of para-hydroxylation sites is 1. The Hall–Kier alpha value is -4.63. The van der Waals surface area contributed by atoms with E-state index < -0.39 is 12.0 Å². The molecule has 7 nitrogen and oxygen atoms in total. The normalized spacial score (nSPS) is 14.8. The Kier molecular flexibility index (Phi) is 8.26. The minimum absolute atomic E-state index is 0.186. The minimum atomic E-state index is -0.815. The molecule has 0 saturated carbocycles. The molecule has 0 N–H and O–H groups in total. The Bertz CT molecular complexity index is 2440. The SMILES string of the molecule is CCOC(=O)C1=C(C)N=c2s/c(=C/c3cn(Cc4ccc(Cl)c(Cl)c4)c4ccccc34)c(=O)n2[C@H]1c1c(OC)ccc2ccccc12. The van der Waals surface area contributed by atoms with Gasteiger partial charge in [-0.3, -0.25) is 9.36 Å². The number of ether oxygens (including phenoxy) is 2. The van der Waals surface area contributed by atoms with E-state index in [9.17, 15) is 9.59 Å². The molecule has 3 heterocycles. The van der Waals surface area contributed by atoms with Crippen LogP contribution in [-0.4, -0.2) is 28.8 Å². The third kappa shape index (κ3) is 5.46. The van der Waals surface area contributed by atoms with E-state index in [1.807, 2.05) is 85.1 Å². The van der Waals surface area contributed by atoms with Crippen LogP contribution in [0.25, 0.3) is 27.8 Å². The van der Waals surface area contributed by atoms with Crippen LogP contribution in [0.1, 0.15) is 36.6 Å². The molecule has 4 aromatic carbocycles. The van der Waals surface area contributed by atoms with Gasteiger partial charge in [-0.2, -0.15) is 0 Å². The maximum absolute atomic E-state index is 14.5. The van der Waals surface area contributed by atoms with Gasteiger partial charge in [0.15, 0.2) is 4.80 Å². The molecule has 2 aromatic heterocycles. The van der Waals surface area contributed by atoms with Crippen molar-refractivity contribution in [2.24, 2.45) is 4.99 Å². The standard InChI is InChI=1S/C37H29Cl2N3O4S/c1-4-46-36(44)32-21(2)40-37-42(34(32)33-26-11-6-5-9-23(26)14-16-30(33)45-3)35(43)31(47-37)18-24-20-41(29-12-8-7-10-25(24)29)19-22-13-15-27(38)28(39)17-22/h5-18,20,34H,4,19H2,1-3H3/b31-18+/t34-/m1/s1.